The Morgan fingerprint density at radius 2 is 1.00 bits per heavy atom. The van der Waals surface area contributed by atoms with Gasteiger partial charge in [-0.15, -0.1) is 0 Å². The SMILES string of the molecule is B.S.[CaH2].[MgH2].[Zn]. The zero-order valence-corrected chi connectivity index (χ0v) is 5.17. The zero-order chi connectivity index (χ0) is 0. The smallest absolute Gasteiger partial charge is 0 e. The van der Waals surface area contributed by atoms with Gasteiger partial charge in [-0.05, 0) is 0 Å². The number of rotatable bonds is 0. The van der Waals surface area contributed by atoms with E-state index in [9.17, 15) is 0 Å². The maximum atomic E-state index is 0. The van der Waals surface area contributed by atoms with Gasteiger partial charge in [-0.25, -0.2) is 0 Å². The Balaban J connectivity index is 0. The fraction of sp³-hybridized carbons (Fsp3) is 0. The van der Waals surface area contributed by atoms with Gasteiger partial charge in [0.2, 0.25) is 0 Å². The van der Waals surface area contributed by atoms with Gasteiger partial charge < -0.3 is 0 Å². The Morgan fingerprint density at radius 1 is 1.00 bits per heavy atom. The van der Waals surface area contributed by atoms with E-state index < -0.39 is 0 Å². The first-order valence-corrected chi connectivity index (χ1v) is 0. The second-order valence-electron chi connectivity index (χ2n) is 0. The van der Waals surface area contributed by atoms with Gasteiger partial charge in [0.05, 0.1) is 8.41 Å². The van der Waals surface area contributed by atoms with E-state index in [-0.39, 0.29) is 102 Å². The first-order valence-electron chi connectivity index (χ1n) is 0. The van der Waals surface area contributed by atoms with Crippen molar-refractivity contribution in [2.24, 2.45) is 0 Å². The van der Waals surface area contributed by atoms with E-state index in [4.69, 9.17) is 0 Å². The standard InChI is InChI=1S/BH3.Ca.Mg.H2S.Zn.4H/h1H3;;;1H2;;;;;. The summed E-state index contributed by atoms with van der Waals surface area (Å²) in [6.45, 7) is 0. The molecule has 0 aromatic heterocycles. The summed E-state index contributed by atoms with van der Waals surface area (Å²) < 4.78 is 0. The average Bonchev–Trinajstić information content (AvgIpc) is 0. The quantitative estimate of drug-likeness (QED) is 0.352. The maximum absolute atomic E-state index is 0. The van der Waals surface area contributed by atoms with Crippen molar-refractivity contribution in [1.29, 1.82) is 0 Å². The monoisotopic (exact) mass is 180 g/mol. The van der Waals surface area contributed by atoms with Crippen molar-refractivity contribution in [2.45, 2.75) is 0 Å². The van der Waals surface area contributed by atoms with Gasteiger partial charge in [0.25, 0.3) is 0 Å². The van der Waals surface area contributed by atoms with Crippen molar-refractivity contribution in [3.8, 4) is 0 Å². The molecule has 0 unspecified atom stereocenters. The summed E-state index contributed by atoms with van der Waals surface area (Å²) in [5, 5.41) is 0. The van der Waals surface area contributed by atoms with Crippen LogP contribution in [0.3, 0.4) is 0 Å². The Morgan fingerprint density at radius 3 is 1.00 bits per heavy atom. The summed E-state index contributed by atoms with van der Waals surface area (Å²) >= 11 is 0. The van der Waals surface area contributed by atoms with E-state index in [1.807, 2.05) is 0 Å². The van der Waals surface area contributed by atoms with Crippen LogP contribution in [0.5, 0.6) is 0 Å². The van der Waals surface area contributed by atoms with E-state index in [0.717, 1.165) is 0 Å². The molecule has 0 fully saturated rings. The minimum atomic E-state index is 0. The zero-order valence-electron chi connectivity index (χ0n) is 1.21. The normalized spacial score (nSPS) is 0. The fourth-order valence-electron chi connectivity index (χ4n) is 0. The van der Waals surface area contributed by atoms with Crippen molar-refractivity contribution in [3.05, 3.63) is 0 Å². The average molecular weight is 182 g/mol. The van der Waals surface area contributed by atoms with Gasteiger partial charge in [0, 0.05) is 19.5 Å². The van der Waals surface area contributed by atoms with Crippen LogP contribution in [-0.2, 0) is 19.5 Å². The van der Waals surface area contributed by atoms with Crippen molar-refractivity contribution in [1.82, 2.24) is 0 Å². The van der Waals surface area contributed by atoms with E-state index in [1.54, 1.807) is 0 Å². The molecule has 0 atom stereocenters. The summed E-state index contributed by atoms with van der Waals surface area (Å²) in [6, 6.07) is 0. The van der Waals surface area contributed by atoms with Crippen molar-refractivity contribution in [3.63, 3.8) is 0 Å². The molecule has 0 saturated carbocycles. The third-order valence-electron chi connectivity index (χ3n) is 0. The molecule has 0 aliphatic heterocycles. The molecule has 24 valence electrons. The third-order valence-corrected chi connectivity index (χ3v) is 0. The molecule has 0 aliphatic rings. The minimum absolute atomic E-state index is 0. The predicted molar refractivity (Wildman–Crippen MR) is 37.4 cm³/mol. The molecule has 0 spiro atoms. The van der Waals surface area contributed by atoms with Gasteiger partial charge in [-0.1, -0.05) is 0 Å². The molecule has 0 heterocycles. The maximum Gasteiger partial charge on any atom is 0.316 e. The number of hydrogen-bond donors (Lipinski definition) is 0. The first kappa shape index (κ1) is 42.9. The van der Waals surface area contributed by atoms with E-state index in [2.05, 4.69) is 0 Å². The van der Waals surface area contributed by atoms with Crippen LogP contribution < -0.4 is 0 Å². The van der Waals surface area contributed by atoms with Gasteiger partial charge >= 0.3 is 60.8 Å². The first-order chi connectivity index (χ1) is 0. The van der Waals surface area contributed by atoms with Crippen molar-refractivity contribution in [2.75, 3.05) is 0 Å². The molecule has 5 heteroatoms. The molecule has 0 aromatic carbocycles. The minimum Gasteiger partial charge on any atom is 0 e. The second-order valence-corrected chi connectivity index (χ2v) is 0. The summed E-state index contributed by atoms with van der Waals surface area (Å²) in [6.07, 6.45) is 0. The number of hydrogen-bond acceptors (Lipinski definition) is 0. The van der Waals surface area contributed by atoms with Crippen molar-refractivity contribution >= 4 is 82.7 Å². The van der Waals surface area contributed by atoms with Crippen LogP contribution in [0, 0.1) is 0 Å². The molecule has 0 radical (unpaired) electrons. The van der Waals surface area contributed by atoms with Gasteiger partial charge in [0.1, 0.15) is 0 Å². The summed E-state index contributed by atoms with van der Waals surface area (Å²) in [5.74, 6) is 0. The Labute approximate surface area is 100 Å². The van der Waals surface area contributed by atoms with Crippen LogP contribution in [0.2, 0.25) is 0 Å². The molecule has 0 aromatic rings. The molecule has 5 heavy (non-hydrogen) atoms. The van der Waals surface area contributed by atoms with Gasteiger partial charge in [0.15, 0.2) is 0 Å². The Kier molecular flexibility index (Phi) is 237. The summed E-state index contributed by atoms with van der Waals surface area (Å²) in [5.41, 5.74) is 0. The molecule has 0 amide bonds. The molecule has 0 rings (SSSR count). The van der Waals surface area contributed by atoms with Crippen LogP contribution in [0.4, 0.5) is 0 Å². The fourth-order valence-corrected chi connectivity index (χ4v) is 0. The largest absolute Gasteiger partial charge is 0.316 e. The van der Waals surface area contributed by atoms with Crippen LogP contribution >= 0.6 is 13.5 Å². The third kappa shape index (κ3) is 19.3. The van der Waals surface area contributed by atoms with Crippen LogP contribution in [0.25, 0.3) is 0 Å². The molecule has 0 aliphatic carbocycles. The Bertz CT molecular complexity index is 11.6. The van der Waals surface area contributed by atoms with Crippen LogP contribution in [-0.4, -0.2) is 69.2 Å². The van der Waals surface area contributed by atoms with Crippen LogP contribution in [0.1, 0.15) is 0 Å². The van der Waals surface area contributed by atoms with Gasteiger partial charge in [-0.2, -0.15) is 13.5 Å². The summed E-state index contributed by atoms with van der Waals surface area (Å²) in [4.78, 5) is 0. The van der Waals surface area contributed by atoms with E-state index in [0.29, 0.717) is 0 Å². The molecule has 0 bridgehead atoms. The Hall–Kier alpha value is 3.06. The predicted octanol–water partition coefficient (Wildman–Crippen LogP) is -2.91. The van der Waals surface area contributed by atoms with Crippen molar-refractivity contribution < 1.29 is 19.5 Å². The second kappa shape index (κ2) is 27.7. The van der Waals surface area contributed by atoms with Gasteiger partial charge in [-0.3, -0.25) is 0 Å². The molecule has 0 nitrogen and oxygen atoms in total. The van der Waals surface area contributed by atoms with E-state index >= 15 is 0 Å². The molecular formula is H9BCaMgSZn. The summed E-state index contributed by atoms with van der Waals surface area (Å²) in [7, 11) is 0. The van der Waals surface area contributed by atoms with Crippen LogP contribution in [0.15, 0.2) is 0 Å². The van der Waals surface area contributed by atoms with E-state index in [1.165, 1.54) is 0 Å². The molecule has 0 saturated heterocycles. The molecule has 0 N–H and O–H groups in total. The molecular weight excluding hydrogens is 173 g/mol. The topological polar surface area (TPSA) is 0 Å².